The number of nitrogens with zero attached hydrogens (tertiary/aromatic N) is 3. The number of hydrogen-bond donors (Lipinski definition) is 3. The number of quaternary nitrogens is 1. The van der Waals surface area contributed by atoms with Crippen LogP contribution in [0.1, 0.15) is 44.7 Å². The van der Waals surface area contributed by atoms with Crippen LogP contribution in [0.25, 0.3) is 0 Å². The van der Waals surface area contributed by atoms with Gasteiger partial charge in [0.25, 0.3) is 11.8 Å². The molecule has 0 spiro atoms. The van der Waals surface area contributed by atoms with E-state index in [-0.39, 0.29) is 31.4 Å². The Hall–Kier alpha value is -3.36. The van der Waals surface area contributed by atoms with Crippen LogP contribution >= 0.6 is 0 Å². The monoisotopic (exact) mass is 634 g/mol. The van der Waals surface area contributed by atoms with Gasteiger partial charge in [-0.05, 0) is 45.2 Å². The lowest BCUT2D eigenvalue weighted by atomic mass is 9.97. The average Bonchev–Trinajstić information content (AvgIpc) is 3.26. The van der Waals surface area contributed by atoms with Crippen LogP contribution in [0.3, 0.4) is 0 Å². The quantitative estimate of drug-likeness (QED) is 0.148. The van der Waals surface area contributed by atoms with Crippen LogP contribution in [0.5, 0.6) is 5.75 Å². The molecule has 0 aromatic heterocycles. The lowest BCUT2D eigenvalue weighted by molar-refractivity contribution is -0.870. The lowest BCUT2D eigenvalue weighted by Crippen LogP contribution is -2.54. The van der Waals surface area contributed by atoms with Gasteiger partial charge in [0.1, 0.15) is 37.2 Å². The van der Waals surface area contributed by atoms with E-state index in [4.69, 9.17) is 14.2 Å². The first-order valence-corrected chi connectivity index (χ1v) is 15.2. The molecule has 1 aromatic rings. The fourth-order valence-electron chi connectivity index (χ4n) is 4.74. The molecule has 1 saturated heterocycles. The molecule has 0 bridgehead atoms. The van der Waals surface area contributed by atoms with Crippen molar-refractivity contribution in [1.82, 2.24) is 9.80 Å². The van der Waals surface area contributed by atoms with E-state index in [2.05, 4.69) is 21.1 Å². The van der Waals surface area contributed by atoms with Crippen molar-refractivity contribution in [2.45, 2.75) is 71.2 Å². The first kappa shape index (κ1) is 36.1. The highest BCUT2D eigenvalue weighted by atomic mass is 16.7. The van der Waals surface area contributed by atoms with Crippen LogP contribution in [0, 0.1) is 5.41 Å². The summed E-state index contributed by atoms with van der Waals surface area (Å²) in [5, 5.41) is 30.4. The maximum atomic E-state index is 13.2. The molecule has 3 rings (SSSR count). The second-order valence-corrected chi connectivity index (χ2v) is 13.6. The van der Waals surface area contributed by atoms with Crippen molar-refractivity contribution in [3.05, 3.63) is 41.5 Å². The van der Waals surface area contributed by atoms with E-state index in [0.717, 1.165) is 40.1 Å². The van der Waals surface area contributed by atoms with Crippen molar-refractivity contribution in [2.24, 2.45) is 5.41 Å². The van der Waals surface area contributed by atoms with Gasteiger partial charge in [-0.3, -0.25) is 24.1 Å². The number of hydrogen-bond acceptors (Lipinski definition) is 10. The number of benzene rings is 1. The van der Waals surface area contributed by atoms with Crippen LogP contribution in [-0.2, 0) is 41.7 Å². The first-order valence-electron chi connectivity index (χ1n) is 15.2. The number of aliphatic hydroxyl groups excluding tert-OH is 3. The minimum atomic E-state index is -1.52. The molecule has 0 unspecified atom stereocenters. The molecule has 0 radical (unpaired) electrons. The van der Waals surface area contributed by atoms with Gasteiger partial charge in [-0.2, -0.15) is 0 Å². The van der Waals surface area contributed by atoms with Gasteiger partial charge in [-0.25, -0.2) is 0 Å². The number of rotatable bonds is 14. The molecule has 3 amide bonds. The highest BCUT2D eigenvalue weighted by Crippen LogP contribution is 2.28. The summed E-state index contributed by atoms with van der Waals surface area (Å²) in [7, 11) is 6.19. The third-order valence-corrected chi connectivity index (χ3v) is 7.50. The van der Waals surface area contributed by atoms with E-state index in [0.29, 0.717) is 31.5 Å². The molecule has 2 heterocycles. The number of ether oxygens (including phenoxy) is 3. The Kier molecular flexibility index (Phi) is 12.3. The summed E-state index contributed by atoms with van der Waals surface area (Å²) in [6, 6.07) is 5.31. The fourth-order valence-corrected chi connectivity index (χ4v) is 4.74. The van der Waals surface area contributed by atoms with Crippen molar-refractivity contribution in [3.63, 3.8) is 0 Å². The molecule has 13 heteroatoms. The van der Waals surface area contributed by atoms with Gasteiger partial charge < -0.3 is 38.9 Å². The number of carbonyl (C=O) groups is 4. The number of carbonyl (C=O) groups excluding carboxylic acids is 4. The third-order valence-electron chi connectivity index (χ3n) is 7.50. The second-order valence-electron chi connectivity index (χ2n) is 13.6. The molecule has 13 nitrogen and oxygen atoms in total. The van der Waals surface area contributed by atoms with E-state index in [1.165, 1.54) is 0 Å². The Bertz CT molecular complexity index is 1230. The molecule has 3 N–H and O–H groups in total. The fraction of sp³-hybridized carbons (Fsp3) is 0.625. The number of aliphatic hydroxyl groups is 3. The second kappa shape index (κ2) is 15.3. The van der Waals surface area contributed by atoms with Crippen LogP contribution in [0.2, 0.25) is 0 Å². The van der Waals surface area contributed by atoms with Crippen molar-refractivity contribution in [2.75, 3.05) is 53.9 Å². The molecule has 250 valence electrons. The molecule has 2 aliphatic rings. The Morgan fingerprint density at radius 3 is 2.29 bits per heavy atom. The van der Waals surface area contributed by atoms with Gasteiger partial charge in [0, 0.05) is 37.2 Å². The van der Waals surface area contributed by atoms with Gasteiger partial charge in [0.2, 0.25) is 12.2 Å². The average molecular weight is 635 g/mol. The zero-order chi connectivity index (χ0) is 33.5. The molecule has 1 fully saturated rings. The van der Waals surface area contributed by atoms with E-state index in [1.807, 2.05) is 6.07 Å². The van der Waals surface area contributed by atoms with E-state index >= 15 is 0 Å². The van der Waals surface area contributed by atoms with Crippen LogP contribution in [0.4, 0.5) is 0 Å². The zero-order valence-electron chi connectivity index (χ0n) is 27.1. The van der Waals surface area contributed by atoms with Gasteiger partial charge in [0.15, 0.2) is 0 Å². The minimum Gasteiger partial charge on any atom is -0.462 e. The molecule has 1 aromatic carbocycles. The lowest BCUT2D eigenvalue weighted by Gasteiger charge is -2.35. The van der Waals surface area contributed by atoms with Gasteiger partial charge in [-0.15, -0.1) is 0 Å². The van der Waals surface area contributed by atoms with Gasteiger partial charge >= 0.3 is 5.97 Å². The van der Waals surface area contributed by atoms with Crippen LogP contribution in [-0.4, -0.2) is 132 Å². The van der Waals surface area contributed by atoms with Crippen molar-refractivity contribution in [1.29, 1.82) is 0 Å². The normalized spacial score (nSPS) is 22.1. The Labute approximate surface area is 264 Å². The molecular weight excluding hydrogens is 586 g/mol. The highest BCUT2D eigenvalue weighted by molar-refractivity contribution is 6.14. The maximum Gasteiger partial charge on any atom is 0.311 e. The van der Waals surface area contributed by atoms with Gasteiger partial charge in [-0.1, -0.05) is 12.1 Å². The molecule has 0 aliphatic carbocycles. The first-order chi connectivity index (χ1) is 21.0. The number of amides is 3. The maximum absolute atomic E-state index is 13.2. The number of aryl methyl sites for hydroxylation is 1. The van der Waals surface area contributed by atoms with Crippen molar-refractivity contribution >= 4 is 23.7 Å². The predicted octanol–water partition coefficient (Wildman–Crippen LogP) is 0.376. The van der Waals surface area contributed by atoms with E-state index < -0.39 is 47.8 Å². The highest BCUT2D eigenvalue weighted by Gasteiger charge is 2.39. The standard InChI is InChI=1S/C32H48N3O10/c1-32(2,3)31(42)44-19-22-11-10-21(17-24(22)45-30-29(41)28(40)23(36)20-43-30)9-7-14-33(15-8-16-35(4,5)6)27(39)18-34-25(37)12-13-26(34)38/h10-13,17,23,28-30,36,40-41H,7-9,14-16,18-20H2,1-6H3/q+1/t23-,28+,29-,30+/m1/s1. The van der Waals surface area contributed by atoms with Crippen molar-refractivity contribution in [3.8, 4) is 5.75 Å². The third kappa shape index (κ3) is 10.6. The summed E-state index contributed by atoms with van der Waals surface area (Å²) in [5.74, 6) is -1.46. The van der Waals surface area contributed by atoms with Crippen LogP contribution in [0.15, 0.2) is 30.4 Å². The zero-order valence-corrected chi connectivity index (χ0v) is 27.1. The smallest absolute Gasteiger partial charge is 0.311 e. The number of imide groups is 1. The SMILES string of the molecule is CC(C)(C)C(=O)OCc1ccc(CCCN(CCC[N+](C)(C)C)C(=O)CN2C(=O)C=CC2=O)cc1O[C@@H]1OC[C@@H](O)[C@H](O)[C@H]1O. The largest absolute Gasteiger partial charge is 0.462 e. The summed E-state index contributed by atoms with van der Waals surface area (Å²) < 4.78 is 17.6. The summed E-state index contributed by atoms with van der Waals surface area (Å²) >= 11 is 0. The Balaban J connectivity index is 1.72. The van der Waals surface area contributed by atoms with Crippen molar-refractivity contribution < 1.29 is 53.2 Å². The Morgan fingerprint density at radius 1 is 1.02 bits per heavy atom. The molecular formula is C32H48N3O10+. The number of esters is 1. The van der Waals surface area contributed by atoms with Crippen LogP contribution < -0.4 is 4.74 Å². The summed E-state index contributed by atoms with van der Waals surface area (Å²) in [6.45, 7) is 6.24. The predicted molar refractivity (Wildman–Crippen MR) is 162 cm³/mol. The Morgan fingerprint density at radius 2 is 1.67 bits per heavy atom. The molecule has 45 heavy (non-hydrogen) atoms. The molecule has 4 atom stereocenters. The molecule has 0 saturated carbocycles. The summed E-state index contributed by atoms with van der Waals surface area (Å²) in [5.41, 5.74) is 0.623. The summed E-state index contributed by atoms with van der Waals surface area (Å²) in [4.78, 5) is 52.3. The van der Waals surface area contributed by atoms with E-state index in [1.54, 1.807) is 37.8 Å². The van der Waals surface area contributed by atoms with E-state index in [9.17, 15) is 34.5 Å². The van der Waals surface area contributed by atoms with Gasteiger partial charge in [0.05, 0.1) is 39.7 Å². The topological polar surface area (TPSA) is 163 Å². The molecule has 2 aliphatic heterocycles. The summed E-state index contributed by atoms with van der Waals surface area (Å²) in [6.07, 6.45) is -1.37. The minimum absolute atomic E-state index is 0.100.